The number of nitrogens with zero attached hydrogens (tertiary/aromatic N) is 2. The second-order valence-electron chi connectivity index (χ2n) is 4.48. The first-order valence-corrected chi connectivity index (χ1v) is 6.26. The molecule has 0 aliphatic rings. The molecule has 0 amide bonds. The number of fused-ring (bicyclic) bond motifs is 1. The summed E-state index contributed by atoms with van der Waals surface area (Å²) in [6, 6.07) is 8.29. The molecule has 96 valence electrons. The molecule has 1 N–H and O–H groups in total. The lowest BCUT2D eigenvalue weighted by atomic mass is 10.1. The highest BCUT2D eigenvalue weighted by molar-refractivity contribution is 5.84. The summed E-state index contributed by atoms with van der Waals surface area (Å²) < 4.78 is 5.43. The molecule has 0 aliphatic heterocycles. The molecule has 0 spiro atoms. The molecule has 2 aromatic heterocycles. The van der Waals surface area contributed by atoms with Crippen LogP contribution in [0.3, 0.4) is 0 Å². The first-order chi connectivity index (χ1) is 9.33. The van der Waals surface area contributed by atoms with Crippen molar-refractivity contribution in [2.24, 2.45) is 0 Å². The van der Waals surface area contributed by atoms with Gasteiger partial charge in [-0.15, -0.1) is 0 Å². The Morgan fingerprint density at radius 3 is 2.95 bits per heavy atom. The Balaban J connectivity index is 1.71. The van der Waals surface area contributed by atoms with Crippen molar-refractivity contribution in [3.8, 4) is 0 Å². The van der Waals surface area contributed by atoms with Crippen LogP contribution in [0, 0.1) is 6.92 Å². The van der Waals surface area contributed by atoms with Gasteiger partial charge in [0.15, 0.2) is 0 Å². The fourth-order valence-corrected chi connectivity index (χ4v) is 2.13. The topological polar surface area (TPSA) is 51.0 Å². The number of hydrogen-bond acceptors (Lipinski definition) is 4. The van der Waals surface area contributed by atoms with Crippen LogP contribution in [0.5, 0.6) is 0 Å². The normalized spacial score (nSPS) is 11.0. The minimum Gasteiger partial charge on any atom is -0.445 e. The van der Waals surface area contributed by atoms with Gasteiger partial charge in [0.1, 0.15) is 5.76 Å². The van der Waals surface area contributed by atoms with Crippen LogP contribution >= 0.6 is 0 Å². The predicted octanol–water partition coefficient (Wildman–Crippen LogP) is 2.82. The fourth-order valence-electron chi connectivity index (χ4n) is 2.13. The molecule has 0 aliphatic carbocycles. The number of benzene rings is 1. The van der Waals surface area contributed by atoms with Crippen molar-refractivity contribution in [3.05, 3.63) is 60.1 Å². The molecule has 3 rings (SSSR count). The van der Waals surface area contributed by atoms with E-state index in [0.717, 1.165) is 23.6 Å². The van der Waals surface area contributed by atoms with Gasteiger partial charge in [0.25, 0.3) is 0 Å². The Kier molecular flexibility index (Phi) is 3.25. The standard InChI is InChI=1S/C15H15N3O/c1-11-7-18-15(19-11)10-17-9-13-4-2-3-12-8-16-6-5-14(12)13/h2-8,17H,9-10H2,1H3. The fraction of sp³-hybridized carbons (Fsp3) is 0.200. The zero-order valence-electron chi connectivity index (χ0n) is 10.8. The van der Waals surface area contributed by atoms with Gasteiger partial charge in [-0.05, 0) is 23.9 Å². The quantitative estimate of drug-likeness (QED) is 0.776. The Hall–Kier alpha value is -2.20. The van der Waals surface area contributed by atoms with E-state index in [0.29, 0.717) is 6.54 Å². The molecule has 4 heteroatoms. The van der Waals surface area contributed by atoms with Gasteiger partial charge in [-0.3, -0.25) is 4.98 Å². The van der Waals surface area contributed by atoms with E-state index in [4.69, 9.17) is 4.42 Å². The van der Waals surface area contributed by atoms with Crippen molar-refractivity contribution < 1.29 is 4.42 Å². The average molecular weight is 253 g/mol. The monoisotopic (exact) mass is 253 g/mol. The maximum Gasteiger partial charge on any atom is 0.208 e. The van der Waals surface area contributed by atoms with E-state index in [-0.39, 0.29) is 0 Å². The Labute approximate surface area is 111 Å². The van der Waals surface area contributed by atoms with E-state index in [1.165, 1.54) is 10.9 Å². The minimum absolute atomic E-state index is 0.634. The Bertz CT molecular complexity index is 685. The highest BCUT2D eigenvalue weighted by Gasteiger charge is 2.02. The molecular formula is C15H15N3O. The molecule has 2 heterocycles. The summed E-state index contributed by atoms with van der Waals surface area (Å²) >= 11 is 0. The number of rotatable bonds is 4. The maximum atomic E-state index is 5.43. The number of oxazole rings is 1. The van der Waals surface area contributed by atoms with Gasteiger partial charge in [0.05, 0.1) is 12.7 Å². The summed E-state index contributed by atoms with van der Waals surface area (Å²) in [5.74, 6) is 1.56. The van der Waals surface area contributed by atoms with Gasteiger partial charge in [-0.2, -0.15) is 0 Å². The molecule has 0 atom stereocenters. The smallest absolute Gasteiger partial charge is 0.208 e. The highest BCUT2D eigenvalue weighted by atomic mass is 16.4. The summed E-state index contributed by atoms with van der Waals surface area (Å²) in [7, 11) is 0. The van der Waals surface area contributed by atoms with Crippen LogP contribution in [-0.2, 0) is 13.1 Å². The third kappa shape index (κ3) is 2.63. The first kappa shape index (κ1) is 11.9. The average Bonchev–Trinajstić information content (AvgIpc) is 2.85. The van der Waals surface area contributed by atoms with Gasteiger partial charge in [-0.25, -0.2) is 4.98 Å². The number of hydrogen-bond donors (Lipinski definition) is 1. The second kappa shape index (κ2) is 5.20. The summed E-state index contributed by atoms with van der Waals surface area (Å²) in [6.07, 6.45) is 5.44. The molecule has 3 aromatic rings. The summed E-state index contributed by atoms with van der Waals surface area (Å²) in [5, 5.41) is 5.74. The van der Waals surface area contributed by atoms with Crippen LogP contribution in [0.15, 0.2) is 47.3 Å². The lowest BCUT2D eigenvalue weighted by molar-refractivity contribution is 0.449. The van der Waals surface area contributed by atoms with Gasteiger partial charge in [0.2, 0.25) is 5.89 Å². The number of aromatic nitrogens is 2. The SMILES string of the molecule is Cc1cnc(CNCc2cccc3cnccc23)o1. The number of nitrogens with one attached hydrogen (secondary N) is 1. The van der Waals surface area contributed by atoms with E-state index in [1.807, 2.05) is 25.4 Å². The van der Waals surface area contributed by atoms with Crippen molar-refractivity contribution in [3.63, 3.8) is 0 Å². The second-order valence-corrected chi connectivity index (χ2v) is 4.48. The predicted molar refractivity (Wildman–Crippen MR) is 73.5 cm³/mol. The van der Waals surface area contributed by atoms with Crippen LogP contribution in [0.1, 0.15) is 17.2 Å². The molecule has 0 radical (unpaired) electrons. The minimum atomic E-state index is 0.634. The third-order valence-corrected chi connectivity index (χ3v) is 3.03. The number of pyridine rings is 1. The largest absolute Gasteiger partial charge is 0.445 e. The van der Waals surface area contributed by atoms with Crippen molar-refractivity contribution >= 4 is 10.8 Å². The van der Waals surface area contributed by atoms with Crippen molar-refractivity contribution in [2.75, 3.05) is 0 Å². The van der Waals surface area contributed by atoms with Crippen LogP contribution in [-0.4, -0.2) is 9.97 Å². The third-order valence-electron chi connectivity index (χ3n) is 3.03. The summed E-state index contributed by atoms with van der Waals surface area (Å²) in [4.78, 5) is 8.31. The molecule has 4 nitrogen and oxygen atoms in total. The first-order valence-electron chi connectivity index (χ1n) is 6.26. The Morgan fingerprint density at radius 1 is 1.16 bits per heavy atom. The van der Waals surface area contributed by atoms with E-state index in [1.54, 1.807) is 6.20 Å². The summed E-state index contributed by atoms with van der Waals surface area (Å²) in [6.45, 7) is 3.31. The zero-order chi connectivity index (χ0) is 13.1. The lowest BCUT2D eigenvalue weighted by Gasteiger charge is -2.06. The van der Waals surface area contributed by atoms with E-state index < -0.39 is 0 Å². The van der Waals surface area contributed by atoms with Crippen molar-refractivity contribution in [2.45, 2.75) is 20.0 Å². The summed E-state index contributed by atoms with van der Waals surface area (Å²) in [5.41, 5.74) is 1.25. The maximum absolute atomic E-state index is 5.43. The van der Waals surface area contributed by atoms with Crippen molar-refractivity contribution in [1.29, 1.82) is 0 Å². The Morgan fingerprint density at radius 2 is 2.11 bits per heavy atom. The molecule has 0 fully saturated rings. The molecule has 0 saturated heterocycles. The van der Waals surface area contributed by atoms with E-state index >= 15 is 0 Å². The van der Waals surface area contributed by atoms with Gasteiger partial charge in [0, 0.05) is 24.3 Å². The van der Waals surface area contributed by atoms with Crippen LogP contribution in [0.25, 0.3) is 10.8 Å². The van der Waals surface area contributed by atoms with Crippen molar-refractivity contribution in [1.82, 2.24) is 15.3 Å². The van der Waals surface area contributed by atoms with E-state index in [2.05, 4.69) is 33.5 Å². The van der Waals surface area contributed by atoms with Crippen LogP contribution in [0.2, 0.25) is 0 Å². The molecular weight excluding hydrogens is 238 g/mol. The molecule has 0 unspecified atom stereocenters. The lowest BCUT2D eigenvalue weighted by Crippen LogP contribution is -2.13. The number of aryl methyl sites for hydroxylation is 1. The van der Waals surface area contributed by atoms with Gasteiger partial charge in [-0.1, -0.05) is 18.2 Å². The van der Waals surface area contributed by atoms with Gasteiger partial charge < -0.3 is 9.73 Å². The van der Waals surface area contributed by atoms with Crippen LogP contribution < -0.4 is 5.32 Å². The molecule has 19 heavy (non-hydrogen) atoms. The highest BCUT2D eigenvalue weighted by Crippen LogP contribution is 2.17. The molecule has 1 aromatic carbocycles. The molecule has 0 saturated carbocycles. The van der Waals surface area contributed by atoms with Crippen LogP contribution in [0.4, 0.5) is 0 Å². The zero-order valence-corrected chi connectivity index (χ0v) is 10.8. The molecule has 0 bridgehead atoms. The van der Waals surface area contributed by atoms with Gasteiger partial charge >= 0.3 is 0 Å². The van der Waals surface area contributed by atoms with E-state index in [9.17, 15) is 0 Å².